The average Bonchev–Trinajstić information content (AvgIpc) is 3.34. The number of benzene rings is 4. The molecule has 3 heterocycles. The highest BCUT2D eigenvalue weighted by Crippen LogP contribution is 2.50. The van der Waals surface area contributed by atoms with Gasteiger partial charge in [-0.2, -0.15) is 0 Å². The molecular weight excluding hydrogens is 546 g/mol. The lowest BCUT2D eigenvalue weighted by molar-refractivity contribution is 0.660. The normalized spacial score (nSPS) is 12.8. The van der Waals surface area contributed by atoms with Crippen LogP contribution in [0.1, 0.15) is 25.0 Å². The monoisotopic (exact) mass is 577 g/mol. The number of fused-ring (bicyclic) bond motifs is 3. The zero-order valence-electron chi connectivity index (χ0n) is 25.3. The standard InChI is InChI=1S/C42H31N3/c1-42(2)36-18-8-7-17-34(36)35-22-21-28(25-37(35)42)30-13-3-5-15-32(30)33-16-6-4-14-31(33)29-26-40(38-19-9-11-23-43-38)45-41(27-29)39-20-10-12-24-44-39/h3-27H,1-2H3. The predicted molar refractivity (Wildman–Crippen MR) is 185 cm³/mol. The molecular formula is C42H31N3. The Hall–Kier alpha value is -5.67. The van der Waals surface area contributed by atoms with E-state index in [1.54, 1.807) is 0 Å². The lowest BCUT2D eigenvalue weighted by Gasteiger charge is -2.22. The molecule has 0 bridgehead atoms. The van der Waals surface area contributed by atoms with Crippen LogP contribution in [0.2, 0.25) is 0 Å². The molecule has 1 aliphatic rings. The Morgan fingerprint density at radius 3 is 1.44 bits per heavy atom. The van der Waals surface area contributed by atoms with E-state index in [0.29, 0.717) is 0 Å². The highest BCUT2D eigenvalue weighted by Gasteiger charge is 2.35. The maximum atomic E-state index is 5.01. The maximum Gasteiger partial charge on any atom is 0.0900 e. The highest BCUT2D eigenvalue weighted by atomic mass is 14.8. The minimum atomic E-state index is -0.0599. The van der Waals surface area contributed by atoms with Gasteiger partial charge in [0.05, 0.1) is 22.8 Å². The van der Waals surface area contributed by atoms with Gasteiger partial charge in [-0.15, -0.1) is 0 Å². The molecule has 4 aromatic carbocycles. The zero-order valence-corrected chi connectivity index (χ0v) is 25.3. The Morgan fingerprint density at radius 1 is 0.378 bits per heavy atom. The minimum Gasteiger partial charge on any atom is -0.255 e. The van der Waals surface area contributed by atoms with Crippen molar-refractivity contribution in [1.82, 2.24) is 15.0 Å². The fraction of sp³-hybridized carbons (Fsp3) is 0.0714. The van der Waals surface area contributed by atoms with Crippen LogP contribution in [0.5, 0.6) is 0 Å². The van der Waals surface area contributed by atoms with E-state index in [2.05, 4.69) is 127 Å². The molecule has 0 amide bonds. The summed E-state index contributed by atoms with van der Waals surface area (Å²) < 4.78 is 0. The van der Waals surface area contributed by atoms with Crippen molar-refractivity contribution in [2.75, 3.05) is 0 Å². The molecule has 3 heteroatoms. The van der Waals surface area contributed by atoms with Crippen LogP contribution in [0.15, 0.2) is 152 Å². The van der Waals surface area contributed by atoms with Gasteiger partial charge in [0.15, 0.2) is 0 Å². The molecule has 0 spiro atoms. The van der Waals surface area contributed by atoms with E-state index in [-0.39, 0.29) is 5.41 Å². The molecule has 8 rings (SSSR count). The summed E-state index contributed by atoms with van der Waals surface area (Å²) in [6.07, 6.45) is 3.62. The Labute approximate surface area is 264 Å². The highest BCUT2D eigenvalue weighted by molar-refractivity contribution is 5.94. The first-order valence-corrected chi connectivity index (χ1v) is 15.4. The molecule has 45 heavy (non-hydrogen) atoms. The van der Waals surface area contributed by atoms with E-state index >= 15 is 0 Å². The van der Waals surface area contributed by atoms with Crippen molar-refractivity contribution < 1.29 is 0 Å². The van der Waals surface area contributed by atoms with E-state index < -0.39 is 0 Å². The average molecular weight is 578 g/mol. The van der Waals surface area contributed by atoms with Crippen LogP contribution in [0.25, 0.3) is 67.3 Å². The first-order valence-electron chi connectivity index (χ1n) is 15.4. The van der Waals surface area contributed by atoms with Crippen molar-refractivity contribution >= 4 is 0 Å². The Kier molecular flexibility index (Phi) is 6.46. The maximum absolute atomic E-state index is 5.01. The van der Waals surface area contributed by atoms with E-state index in [0.717, 1.165) is 33.9 Å². The summed E-state index contributed by atoms with van der Waals surface area (Å²) in [4.78, 5) is 14.3. The molecule has 0 unspecified atom stereocenters. The van der Waals surface area contributed by atoms with Crippen molar-refractivity contribution in [3.8, 4) is 67.3 Å². The van der Waals surface area contributed by atoms with Gasteiger partial charge in [0.25, 0.3) is 0 Å². The van der Waals surface area contributed by atoms with Crippen molar-refractivity contribution in [3.05, 3.63) is 163 Å². The van der Waals surface area contributed by atoms with Gasteiger partial charge in [0.1, 0.15) is 0 Å². The molecule has 1 aliphatic carbocycles. The van der Waals surface area contributed by atoms with Crippen molar-refractivity contribution in [3.63, 3.8) is 0 Å². The molecule has 3 aromatic heterocycles. The number of rotatable bonds is 5. The van der Waals surface area contributed by atoms with E-state index in [4.69, 9.17) is 4.98 Å². The second kappa shape index (κ2) is 10.8. The lowest BCUT2D eigenvalue weighted by Crippen LogP contribution is -2.14. The Bertz CT molecular complexity index is 2130. The SMILES string of the molecule is CC1(C)c2ccccc2-c2ccc(-c3ccccc3-c3ccccc3-c3cc(-c4ccccn4)nc(-c4ccccn4)c3)cc21. The number of aromatic nitrogens is 3. The Morgan fingerprint density at radius 2 is 0.867 bits per heavy atom. The van der Waals surface area contributed by atoms with Gasteiger partial charge in [0, 0.05) is 17.8 Å². The van der Waals surface area contributed by atoms with Gasteiger partial charge in [-0.25, -0.2) is 4.98 Å². The number of hydrogen-bond donors (Lipinski definition) is 0. The minimum absolute atomic E-state index is 0.0599. The third-order valence-corrected chi connectivity index (χ3v) is 9.03. The van der Waals surface area contributed by atoms with E-state index in [1.165, 1.54) is 44.5 Å². The third-order valence-electron chi connectivity index (χ3n) is 9.03. The number of nitrogens with zero attached hydrogens (tertiary/aromatic N) is 3. The topological polar surface area (TPSA) is 38.7 Å². The molecule has 3 nitrogen and oxygen atoms in total. The summed E-state index contributed by atoms with van der Waals surface area (Å²) in [5.74, 6) is 0. The van der Waals surface area contributed by atoms with E-state index in [1.807, 2.05) is 48.8 Å². The second-order valence-electron chi connectivity index (χ2n) is 12.1. The van der Waals surface area contributed by atoms with Crippen LogP contribution in [-0.4, -0.2) is 15.0 Å². The first kappa shape index (κ1) is 26.9. The predicted octanol–water partition coefficient (Wildman–Crippen LogP) is 10.5. The Balaban J connectivity index is 1.29. The van der Waals surface area contributed by atoms with Crippen LogP contribution in [0.3, 0.4) is 0 Å². The van der Waals surface area contributed by atoms with E-state index in [9.17, 15) is 0 Å². The molecule has 0 radical (unpaired) electrons. The summed E-state index contributed by atoms with van der Waals surface area (Å²) in [7, 11) is 0. The molecule has 214 valence electrons. The first-order chi connectivity index (χ1) is 22.1. The largest absolute Gasteiger partial charge is 0.255 e. The lowest BCUT2D eigenvalue weighted by atomic mass is 9.81. The van der Waals surface area contributed by atoms with Gasteiger partial charge in [0.2, 0.25) is 0 Å². The summed E-state index contributed by atoms with van der Waals surface area (Å²) in [6.45, 7) is 4.68. The van der Waals surface area contributed by atoms with Gasteiger partial charge in [-0.05, 0) is 98.1 Å². The second-order valence-corrected chi connectivity index (χ2v) is 12.1. The van der Waals surface area contributed by atoms with Crippen LogP contribution >= 0.6 is 0 Å². The fourth-order valence-corrected chi connectivity index (χ4v) is 6.79. The molecule has 0 saturated heterocycles. The van der Waals surface area contributed by atoms with Crippen LogP contribution in [0, 0.1) is 0 Å². The van der Waals surface area contributed by atoms with Gasteiger partial charge >= 0.3 is 0 Å². The molecule has 0 saturated carbocycles. The molecule has 0 fully saturated rings. The third kappa shape index (κ3) is 4.65. The van der Waals surface area contributed by atoms with Crippen LogP contribution < -0.4 is 0 Å². The summed E-state index contributed by atoms with van der Waals surface area (Å²) in [5, 5.41) is 0. The van der Waals surface area contributed by atoms with Gasteiger partial charge in [-0.1, -0.05) is 111 Å². The summed E-state index contributed by atoms with van der Waals surface area (Å²) >= 11 is 0. The van der Waals surface area contributed by atoms with Crippen LogP contribution in [-0.2, 0) is 5.41 Å². The fourth-order valence-electron chi connectivity index (χ4n) is 6.79. The van der Waals surface area contributed by atoms with Crippen molar-refractivity contribution in [2.45, 2.75) is 19.3 Å². The van der Waals surface area contributed by atoms with Crippen LogP contribution in [0.4, 0.5) is 0 Å². The number of hydrogen-bond acceptors (Lipinski definition) is 3. The molecule has 7 aromatic rings. The smallest absolute Gasteiger partial charge is 0.0900 e. The molecule has 0 atom stereocenters. The van der Waals surface area contributed by atoms with Crippen molar-refractivity contribution in [2.24, 2.45) is 0 Å². The summed E-state index contributed by atoms with van der Waals surface area (Å²) in [5.41, 5.74) is 15.7. The molecule has 0 aliphatic heterocycles. The van der Waals surface area contributed by atoms with Gasteiger partial charge < -0.3 is 0 Å². The van der Waals surface area contributed by atoms with Crippen molar-refractivity contribution in [1.29, 1.82) is 0 Å². The summed E-state index contributed by atoms with van der Waals surface area (Å²) in [6, 6.07) is 49.4. The quantitative estimate of drug-likeness (QED) is 0.204. The molecule has 0 N–H and O–H groups in total. The number of pyridine rings is 3. The zero-order chi connectivity index (χ0) is 30.4. The van der Waals surface area contributed by atoms with Gasteiger partial charge in [-0.3, -0.25) is 9.97 Å².